The first-order chi connectivity index (χ1) is 13.8. The van der Waals surface area contributed by atoms with Crippen molar-refractivity contribution in [2.75, 3.05) is 33.7 Å². The van der Waals surface area contributed by atoms with Gasteiger partial charge in [-0.3, -0.25) is 4.79 Å². The summed E-state index contributed by atoms with van der Waals surface area (Å²) in [6.45, 7) is 1.58. The van der Waals surface area contributed by atoms with Crippen molar-refractivity contribution in [1.82, 2.24) is 20.4 Å². The lowest BCUT2D eigenvalue weighted by molar-refractivity contribution is -0.130. The molecule has 0 aromatic heterocycles. The summed E-state index contributed by atoms with van der Waals surface area (Å²) in [5, 5.41) is 5.90. The number of amides is 3. The van der Waals surface area contributed by atoms with E-state index in [-0.39, 0.29) is 24.8 Å². The number of urea groups is 1. The predicted octanol–water partition coefficient (Wildman–Crippen LogP) is 2.87. The molecule has 0 bridgehead atoms. The summed E-state index contributed by atoms with van der Waals surface area (Å²) in [4.78, 5) is 28.2. The summed E-state index contributed by atoms with van der Waals surface area (Å²) < 4.78 is 13.4. The number of nitrogens with one attached hydrogen (secondary N) is 2. The zero-order chi connectivity index (χ0) is 21.2. The maximum atomic E-state index is 13.4. The van der Waals surface area contributed by atoms with Crippen molar-refractivity contribution in [3.8, 4) is 0 Å². The number of carbonyl (C=O) groups excluding carboxylic acids is 2. The third-order valence-electron chi connectivity index (χ3n) is 4.20. The molecule has 0 unspecified atom stereocenters. The second kappa shape index (κ2) is 11.4. The number of halogens is 2. The fourth-order valence-electron chi connectivity index (χ4n) is 2.58. The number of carbonyl (C=O) groups is 2. The Bertz CT molecular complexity index is 815. The van der Waals surface area contributed by atoms with Gasteiger partial charge in [-0.05, 0) is 49.5 Å². The number of nitrogens with zero attached hydrogens (tertiary/aromatic N) is 2. The third-order valence-corrected chi connectivity index (χ3v) is 4.45. The predicted molar refractivity (Wildman–Crippen MR) is 112 cm³/mol. The molecule has 0 heterocycles. The summed E-state index contributed by atoms with van der Waals surface area (Å²) in [6.07, 6.45) is 0. The molecule has 6 nitrogen and oxygen atoms in total. The highest BCUT2D eigenvalue weighted by atomic mass is 35.5. The van der Waals surface area contributed by atoms with Crippen LogP contribution < -0.4 is 10.6 Å². The Morgan fingerprint density at radius 2 is 1.72 bits per heavy atom. The lowest BCUT2D eigenvalue weighted by atomic mass is 10.2. The highest BCUT2D eigenvalue weighted by Gasteiger charge is 2.15. The first-order valence-electron chi connectivity index (χ1n) is 9.26. The third kappa shape index (κ3) is 8.50. The lowest BCUT2D eigenvalue weighted by Crippen LogP contribution is -2.45. The lowest BCUT2D eigenvalue weighted by Gasteiger charge is -2.25. The Balaban J connectivity index is 1.86. The Labute approximate surface area is 175 Å². The van der Waals surface area contributed by atoms with Crippen molar-refractivity contribution in [3.63, 3.8) is 0 Å². The molecule has 0 spiro atoms. The Hall–Kier alpha value is -2.64. The van der Waals surface area contributed by atoms with Crippen LogP contribution in [0.5, 0.6) is 0 Å². The molecule has 3 amide bonds. The van der Waals surface area contributed by atoms with Crippen LogP contribution in [0.3, 0.4) is 0 Å². The van der Waals surface area contributed by atoms with Crippen LogP contribution in [-0.2, 0) is 17.9 Å². The summed E-state index contributed by atoms with van der Waals surface area (Å²) in [6, 6.07) is 12.8. The van der Waals surface area contributed by atoms with Gasteiger partial charge in [0.15, 0.2) is 0 Å². The maximum absolute atomic E-state index is 13.4. The second-order valence-electron chi connectivity index (χ2n) is 6.91. The van der Waals surface area contributed by atoms with Gasteiger partial charge in [-0.1, -0.05) is 35.9 Å². The molecule has 2 aromatic carbocycles. The average molecular weight is 421 g/mol. The molecule has 0 aliphatic heterocycles. The smallest absolute Gasteiger partial charge is 0.315 e. The van der Waals surface area contributed by atoms with Gasteiger partial charge in [-0.25, -0.2) is 9.18 Å². The van der Waals surface area contributed by atoms with Crippen molar-refractivity contribution < 1.29 is 14.0 Å². The minimum Gasteiger partial charge on any atom is -0.336 e. The van der Waals surface area contributed by atoms with E-state index in [2.05, 4.69) is 10.6 Å². The molecular formula is C21H26ClFN4O2. The van der Waals surface area contributed by atoms with Crippen molar-refractivity contribution in [2.45, 2.75) is 13.1 Å². The molecule has 8 heteroatoms. The molecule has 0 aliphatic carbocycles. The van der Waals surface area contributed by atoms with Gasteiger partial charge in [0.25, 0.3) is 0 Å². The number of hydrogen-bond acceptors (Lipinski definition) is 3. The minimum absolute atomic E-state index is 0.144. The Kier molecular flexibility index (Phi) is 8.89. The van der Waals surface area contributed by atoms with Gasteiger partial charge in [0, 0.05) is 31.2 Å². The fraction of sp³-hybridized carbons (Fsp3) is 0.333. The van der Waals surface area contributed by atoms with Gasteiger partial charge < -0.3 is 20.4 Å². The van der Waals surface area contributed by atoms with Crippen molar-refractivity contribution in [1.29, 1.82) is 0 Å². The van der Waals surface area contributed by atoms with Gasteiger partial charge in [-0.15, -0.1) is 0 Å². The van der Waals surface area contributed by atoms with E-state index in [1.165, 1.54) is 12.1 Å². The number of hydrogen-bond donors (Lipinski definition) is 2. The van der Waals surface area contributed by atoms with E-state index in [0.29, 0.717) is 30.2 Å². The molecule has 0 saturated heterocycles. The highest BCUT2D eigenvalue weighted by Crippen LogP contribution is 2.09. The second-order valence-corrected chi connectivity index (χ2v) is 7.35. The van der Waals surface area contributed by atoms with Gasteiger partial charge in [0.1, 0.15) is 5.82 Å². The minimum atomic E-state index is -0.438. The molecule has 0 saturated carbocycles. The summed E-state index contributed by atoms with van der Waals surface area (Å²) in [7, 11) is 3.82. The summed E-state index contributed by atoms with van der Waals surface area (Å²) in [5.74, 6) is -0.583. The monoisotopic (exact) mass is 420 g/mol. The summed E-state index contributed by atoms with van der Waals surface area (Å²) in [5.41, 5.74) is 1.60. The zero-order valence-corrected chi connectivity index (χ0v) is 17.4. The average Bonchev–Trinajstić information content (AvgIpc) is 2.68. The van der Waals surface area contributed by atoms with Crippen LogP contribution in [0.15, 0.2) is 48.5 Å². The van der Waals surface area contributed by atoms with Crippen LogP contribution in [0.4, 0.5) is 9.18 Å². The summed E-state index contributed by atoms with van der Waals surface area (Å²) >= 11 is 5.83. The van der Waals surface area contributed by atoms with Gasteiger partial charge in [0.05, 0.1) is 6.54 Å². The van der Waals surface area contributed by atoms with Crippen molar-refractivity contribution in [3.05, 3.63) is 70.5 Å². The van der Waals surface area contributed by atoms with E-state index >= 15 is 0 Å². The van der Waals surface area contributed by atoms with Crippen LogP contribution in [0, 0.1) is 5.82 Å². The largest absolute Gasteiger partial charge is 0.336 e. The number of likely N-dealkylation sites (N-methyl/N-ethyl adjacent to an activating group) is 1. The Morgan fingerprint density at radius 1 is 1.00 bits per heavy atom. The Morgan fingerprint density at radius 3 is 2.38 bits per heavy atom. The molecule has 0 atom stereocenters. The molecule has 0 fully saturated rings. The molecular weight excluding hydrogens is 395 g/mol. The molecule has 0 radical (unpaired) electrons. The topological polar surface area (TPSA) is 64.7 Å². The van der Waals surface area contributed by atoms with Crippen LogP contribution >= 0.6 is 11.6 Å². The molecule has 2 aromatic rings. The van der Waals surface area contributed by atoms with Crippen LogP contribution in [-0.4, -0.2) is 55.5 Å². The first-order valence-corrected chi connectivity index (χ1v) is 9.64. The van der Waals surface area contributed by atoms with E-state index < -0.39 is 6.03 Å². The van der Waals surface area contributed by atoms with E-state index in [0.717, 1.165) is 5.56 Å². The highest BCUT2D eigenvalue weighted by molar-refractivity contribution is 6.30. The van der Waals surface area contributed by atoms with Crippen molar-refractivity contribution in [2.24, 2.45) is 0 Å². The number of benzene rings is 2. The molecule has 2 rings (SSSR count). The molecule has 156 valence electrons. The molecule has 29 heavy (non-hydrogen) atoms. The van der Waals surface area contributed by atoms with E-state index in [4.69, 9.17) is 11.6 Å². The van der Waals surface area contributed by atoms with Gasteiger partial charge in [0.2, 0.25) is 5.91 Å². The van der Waals surface area contributed by atoms with E-state index in [9.17, 15) is 14.0 Å². The quantitative estimate of drug-likeness (QED) is 0.655. The number of rotatable bonds is 9. The molecule has 2 N–H and O–H groups in total. The first kappa shape index (κ1) is 22.6. The van der Waals surface area contributed by atoms with Crippen LogP contribution in [0.1, 0.15) is 11.1 Å². The van der Waals surface area contributed by atoms with Crippen molar-refractivity contribution >= 4 is 23.5 Å². The van der Waals surface area contributed by atoms with Gasteiger partial charge >= 0.3 is 6.03 Å². The fourth-order valence-corrected chi connectivity index (χ4v) is 2.71. The molecule has 0 aliphatic rings. The standard InChI is InChI=1S/C21H26ClFN4O2/c1-26(2)10-11-27(15-17-4-3-5-19(23)12-17)20(28)14-25-21(29)24-13-16-6-8-18(22)9-7-16/h3-9,12H,10-11,13-15H2,1-2H3,(H2,24,25,29). The van der Waals surface area contributed by atoms with Crippen LogP contribution in [0.25, 0.3) is 0 Å². The van der Waals surface area contributed by atoms with E-state index in [1.54, 1.807) is 29.2 Å². The normalized spacial score (nSPS) is 10.7. The SMILES string of the molecule is CN(C)CCN(Cc1cccc(F)c1)C(=O)CNC(=O)NCc1ccc(Cl)cc1. The maximum Gasteiger partial charge on any atom is 0.315 e. The van der Waals surface area contributed by atoms with E-state index in [1.807, 2.05) is 31.1 Å². The zero-order valence-electron chi connectivity index (χ0n) is 16.6. The van der Waals surface area contributed by atoms with Gasteiger partial charge in [-0.2, -0.15) is 0 Å². The van der Waals surface area contributed by atoms with Crippen LogP contribution in [0.2, 0.25) is 5.02 Å².